The van der Waals surface area contributed by atoms with Gasteiger partial charge in [-0.05, 0) is 24.5 Å². The summed E-state index contributed by atoms with van der Waals surface area (Å²) in [6, 6.07) is 7.52. The Labute approximate surface area is 88.5 Å². The summed E-state index contributed by atoms with van der Waals surface area (Å²) in [6.07, 6.45) is 0.0931. The van der Waals surface area contributed by atoms with Gasteiger partial charge in [-0.2, -0.15) is 0 Å². The number of fused-ring (bicyclic) bond motifs is 1. The lowest BCUT2D eigenvalue weighted by atomic mass is 10.1. The van der Waals surface area contributed by atoms with E-state index in [0.717, 1.165) is 11.1 Å². The molecule has 0 saturated heterocycles. The third kappa shape index (κ3) is 1.61. The number of nitroso groups, excluding NO2 is 1. The summed E-state index contributed by atoms with van der Waals surface area (Å²) in [6.45, 7) is 2.39. The number of nitrogens with zero attached hydrogens (tertiary/aromatic N) is 2. The zero-order valence-electron chi connectivity index (χ0n) is 8.63. The van der Waals surface area contributed by atoms with E-state index in [4.69, 9.17) is 0 Å². The highest BCUT2D eigenvalue weighted by molar-refractivity contribution is 5.35. The first-order valence-electron chi connectivity index (χ1n) is 5.13. The van der Waals surface area contributed by atoms with E-state index in [-0.39, 0.29) is 6.04 Å². The molecular formula is C11H14N2O2. The zero-order chi connectivity index (χ0) is 10.8. The van der Waals surface area contributed by atoms with Gasteiger partial charge in [0.2, 0.25) is 0 Å². The summed E-state index contributed by atoms with van der Waals surface area (Å²) in [7, 11) is 0. The molecule has 4 nitrogen and oxygen atoms in total. The number of likely N-dealkylation sites (N-methyl/N-ethyl adjacent to an activating group) is 1. The lowest BCUT2D eigenvalue weighted by molar-refractivity contribution is 0.0643. The first kappa shape index (κ1) is 10.1. The monoisotopic (exact) mass is 206 g/mol. The minimum Gasteiger partial charge on any atom is -0.386 e. The van der Waals surface area contributed by atoms with Crippen molar-refractivity contribution in [2.75, 3.05) is 6.54 Å². The molecule has 0 bridgehead atoms. The van der Waals surface area contributed by atoms with Gasteiger partial charge in [0.15, 0.2) is 0 Å². The number of benzene rings is 1. The molecule has 0 aliphatic heterocycles. The van der Waals surface area contributed by atoms with Crippen LogP contribution in [0.5, 0.6) is 0 Å². The van der Waals surface area contributed by atoms with Crippen LogP contribution in [0.25, 0.3) is 0 Å². The largest absolute Gasteiger partial charge is 0.386 e. The summed E-state index contributed by atoms with van der Waals surface area (Å²) in [4.78, 5) is 10.6. The molecule has 1 N–H and O–H groups in total. The van der Waals surface area contributed by atoms with E-state index in [1.165, 1.54) is 5.01 Å². The highest BCUT2D eigenvalue weighted by Crippen LogP contribution is 2.34. The number of hydrogen-bond donors (Lipinski definition) is 1. The van der Waals surface area contributed by atoms with E-state index < -0.39 is 6.10 Å². The van der Waals surface area contributed by atoms with Gasteiger partial charge in [0.1, 0.15) is 6.10 Å². The highest BCUT2D eigenvalue weighted by Gasteiger charge is 2.34. The molecule has 4 heteroatoms. The SMILES string of the molecule is CCN(N=O)C1Cc2ccccc2C1O. The smallest absolute Gasteiger partial charge is 0.102 e. The van der Waals surface area contributed by atoms with Crippen LogP contribution in [-0.4, -0.2) is 22.7 Å². The third-order valence-corrected chi connectivity index (χ3v) is 2.98. The van der Waals surface area contributed by atoms with Crippen LogP contribution in [0.2, 0.25) is 0 Å². The molecule has 0 radical (unpaired) electrons. The van der Waals surface area contributed by atoms with Crippen LogP contribution >= 0.6 is 0 Å². The Morgan fingerprint density at radius 3 is 2.87 bits per heavy atom. The van der Waals surface area contributed by atoms with E-state index >= 15 is 0 Å². The van der Waals surface area contributed by atoms with E-state index in [1.54, 1.807) is 0 Å². The second-order valence-corrected chi connectivity index (χ2v) is 3.75. The Morgan fingerprint density at radius 1 is 1.53 bits per heavy atom. The molecule has 0 heterocycles. The molecule has 1 aromatic carbocycles. The Balaban J connectivity index is 2.26. The average Bonchev–Trinajstić information content (AvgIpc) is 2.60. The quantitative estimate of drug-likeness (QED) is 0.604. The average molecular weight is 206 g/mol. The molecule has 2 atom stereocenters. The first-order chi connectivity index (χ1) is 7.27. The molecule has 2 unspecified atom stereocenters. The minimum atomic E-state index is -0.598. The predicted molar refractivity (Wildman–Crippen MR) is 57.1 cm³/mol. The van der Waals surface area contributed by atoms with Crippen molar-refractivity contribution in [3.8, 4) is 0 Å². The topological polar surface area (TPSA) is 52.9 Å². The predicted octanol–water partition coefficient (Wildman–Crippen LogP) is 1.65. The Morgan fingerprint density at radius 2 is 2.27 bits per heavy atom. The van der Waals surface area contributed by atoms with Gasteiger partial charge in [-0.25, -0.2) is 0 Å². The third-order valence-electron chi connectivity index (χ3n) is 2.98. The van der Waals surface area contributed by atoms with Gasteiger partial charge in [0, 0.05) is 6.54 Å². The summed E-state index contributed by atoms with van der Waals surface area (Å²) in [5.41, 5.74) is 2.03. The fourth-order valence-corrected chi connectivity index (χ4v) is 2.17. The molecule has 1 aliphatic rings. The summed E-state index contributed by atoms with van der Waals surface area (Å²) in [5.74, 6) is 0. The molecule has 0 fully saturated rings. The van der Waals surface area contributed by atoms with E-state index in [9.17, 15) is 10.0 Å². The Kier molecular flexibility index (Phi) is 2.68. The van der Waals surface area contributed by atoms with Gasteiger partial charge in [-0.3, -0.25) is 5.01 Å². The van der Waals surface area contributed by atoms with Crippen LogP contribution < -0.4 is 0 Å². The van der Waals surface area contributed by atoms with Gasteiger partial charge in [-0.15, -0.1) is 4.91 Å². The lowest BCUT2D eigenvalue weighted by Crippen LogP contribution is -2.33. The molecule has 0 amide bonds. The highest BCUT2D eigenvalue weighted by atomic mass is 16.3. The van der Waals surface area contributed by atoms with E-state index in [0.29, 0.717) is 13.0 Å². The normalized spacial score (nSPS) is 23.6. The van der Waals surface area contributed by atoms with Gasteiger partial charge < -0.3 is 5.11 Å². The number of hydrogen-bond acceptors (Lipinski definition) is 3. The lowest BCUT2D eigenvalue weighted by Gasteiger charge is -2.23. The van der Waals surface area contributed by atoms with Crippen LogP contribution in [0.1, 0.15) is 24.2 Å². The Hall–Kier alpha value is -1.42. The van der Waals surface area contributed by atoms with E-state index in [2.05, 4.69) is 5.29 Å². The molecule has 15 heavy (non-hydrogen) atoms. The van der Waals surface area contributed by atoms with Crippen molar-refractivity contribution in [3.05, 3.63) is 40.3 Å². The molecule has 80 valence electrons. The van der Waals surface area contributed by atoms with Crippen molar-refractivity contribution in [1.29, 1.82) is 0 Å². The van der Waals surface area contributed by atoms with Gasteiger partial charge in [0.25, 0.3) is 0 Å². The number of aliphatic hydroxyl groups excluding tert-OH is 1. The zero-order valence-corrected chi connectivity index (χ0v) is 8.63. The van der Waals surface area contributed by atoms with Crippen LogP contribution in [0, 0.1) is 4.91 Å². The fraction of sp³-hybridized carbons (Fsp3) is 0.455. The molecular weight excluding hydrogens is 192 g/mol. The molecule has 2 rings (SSSR count). The van der Waals surface area contributed by atoms with Gasteiger partial charge in [0.05, 0.1) is 11.3 Å². The molecule has 1 aliphatic carbocycles. The second-order valence-electron chi connectivity index (χ2n) is 3.75. The van der Waals surface area contributed by atoms with Crippen molar-refractivity contribution < 1.29 is 5.11 Å². The standard InChI is InChI=1S/C11H14N2O2/c1-2-13(12-15)10-7-8-5-3-4-6-9(8)11(10)14/h3-6,10-11,14H,2,7H2,1H3. The second kappa shape index (κ2) is 3.98. The van der Waals surface area contributed by atoms with Crippen molar-refractivity contribution in [2.24, 2.45) is 5.29 Å². The summed E-state index contributed by atoms with van der Waals surface area (Å²) < 4.78 is 0. The van der Waals surface area contributed by atoms with Crippen molar-refractivity contribution in [2.45, 2.75) is 25.5 Å². The maximum atomic E-state index is 10.6. The van der Waals surface area contributed by atoms with Gasteiger partial charge in [-0.1, -0.05) is 24.3 Å². The minimum absolute atomic E-state index is 0.204. The van der Waals surface area contributed by atoms with Crippen LogP contribution in [0.15, 0.2) is 29.6 Å². The molecule has 0 saturated carbocycles. The van der Waals surface area contributed by atoms with Crippen LogP contribution in [0.4, 0.5) is 0 Å². The number of rotatable bonds is 3. The van der Waals surface area contributed by atoms with Crippen LogP contribution in [-0.2, 0) is 6.42 Å². The summed E-state index contributed by atoms with van der Waals surface area (Å²) >= 11 is 0. The maximum absolute atomic E-state index is 10.6. The fourth-order valence-electron chi connectivity index (χ4n) is 2.17. The molecule has 0 aromatic heterocycles. The Bertz CT molecular complexity index is 367. The van der Waals surface area contributed by atoms with Crippen molar-refractivity contribution in [3.63, 3.8) is 0 Å². The number of aliphatic hydroxyl groups is 1. The van der Waals surface area contributed by atoms with Crippen molar-refractivity contribution >= 4 is 0 Å². The summed E-state index contributed by atoms with van der Waals surface area (Å²) in [5, 5.41) is 14.4. The van der Waals surface area contributed by atoms with Gasteiger partial charge >= 0.3 is 0 Å². The molecule has 0 spiro atoms. The van der Waals surface area contributed by atoms with Crippen LogP contribution in [0.3, 0.4) is 0 Å². The molecule has 1 aromatic rings. The van der Waals surface area contributed by atoms with E-state index in [1.807, 2.05) is 31.2 Å². The first-order valence-corrected chi connectivity index (χ1v) is 5.13. The maximum Gasteiger partial charge on any atom is 0.102 e. The van der Waals surface area contributed by atoms with Crippen molar-refractivity contribution in [1.82, 2.24) is 5.01 Å².